The minimum absolute atomic E-state index is 0.0522. The van der Waals surface area contributed by atoms with Gasteiger partial charge in [0.05, 0.1) is 4.91 Å². The summed E-state index contributed by atoms with van der Waals surface area (Å²) in [5, 5.41) is 10.9. The van der Waals surface area contributed by atoms with Gasteiger partial charge in [-0.2, -0.15) is 5.26 Å². The van der Waals surface area contributed by atoms with Gasteiger partial charge in [0.2, 0.25) is 5.91 Å². The van der Waals surface area contributed by atoms with Gasteiger partial charge in [0.25, 0.3) is 16.7 Å². The number of nitrogens with one attached hydrogen (secondary N) is 1. The molecule has 3 rings (SSSR count). The monoisotopic (exact) mass is 471 g/mol. The summed E-state index contributed by atoms with van der Waals surface area (Å²) < 4.78 is 15.6. The van der Waals surface area contributed by atoms with Crippen LogP contribution in [0.2, 0.25) is 0 Å². The van der Waals surface area contributed by atoms with Crippen LogP contribution in [0.1, 0.15) is 18.1 Å². The number of amides is 3. The lowest BCUT2D eigenvalue weighted by Gasteiger charge is -2.13. The van der Waals surface area contributed by atoms with Crippen molar-refractivity contribution in [3.05, 3.63) is 73.1 Å². The second kappa shape index (κ2) is 10.1. The van der Waals surface area contributed by atoms with E-state index in [0.29, 0.717) is 16.3 Å². The van der Waals surface area contributed by atoms with Crippen LogP contribution in [0, 0.1) is 17.1 Å². The van der Waals surface area contributed by atoms with Crippen LogP contribution in [-0.4, -0.2) is 44.2 Å². The number of carbonyl (C=O) groups is 3. The predicted octanol–water partition coefficient (Wildman–Crippen LogP) is 0.893. The van der Waals surface area contributed by atoms with Gasteiger partial charge in [-0.05, 0) is 30.8 Å². The van der Waals surface area contributed by atoms with Gasteiger partial charge in [-0.25, -0.2) is 13.8 Å². The zero-order valence-electron chi connectivity index (χ0n) is 17.4. The molecule has 1 aliphatic heterocycles. The fourth-order valence-electron chi connectivity index (χ4n) is 3.03. The number of halogens is 1. The Hall–Kier alpha value is -3.98. The van der Waals surface area contributed by atoms with Gasteiger partial charge in [-0.3, -0.25) is 28.6 Å². The minimum Gasteiger partial charge on any atom is -0.353 e. The highest BCUT2D eigenvalue weighted by molar-refractivity contribution is 8.18. The van der Waals surface area contributed by atoms with E-state index < -0.39 is 40.7 Å². The molecule has 12 heteroatoms. The van der Waals surface area contributed by atoms with Crippen LogP contribution < -0.4 is 16.6 Å². The smallest absolute Gasteiger partial charge is 0.331 e. The molecule has 170 valence electrons. The second-order valence-electron chi connectivity index (χ2n) is 6.82. The molecule has 0 atom stereocenters. The molecule has 33 heavy (non-hydrogen) atoms. The van der Waals surface area contributed by atoms with E-state index in [2.05, 4.69) is 5.32 Å². The van der Waals surface area contributed by atoms with Crippen molar-refractivity contribution in [1.29, 1.82) is 5.26 Å². The first-order chi connectivity index (χ1) is 15.8. The molecule has 0 bridgehead atoms. The van der Waals surface area contributed by atoms with Gasteiger partial charge >= 0.3 is 5.69 Å². The Morgan fingerprint density at radius 2 is 1.97 bits per heavy atom. The molecule has 3 amide bonds. The number of nitriles is 1. The number of imide groups is 1. The van der Waals surface area contributed by atoms with Crippen molar-refractivity contribution in [2.24, 2.45) is 0 Å². The summed E-state index contributed by atoms with van der Waals surface area (Å²) in [6, 6.07) is 7.50. The van der Waals surface area contributed by atoms with Crippen LogP contribution in [0.15, 0.2) is 45.0 Å². The molecule has 2 aromatic rings. The average Bonchev–Trinajstić information content (AvgIpc) is 3.05. The third kappa shape index (κ3) is 5.09. The van der Waals surface area contributed by atoms with Gasteiger partial charge in [0.15, 0.2) is 0 Å². The van der Waals surface area contributed by atoms with Gasteiger partial charge in [-0.15, -0.1) is 0 Å². The fraction of sp³-hybridized carbons (Fsp3) is 0.238. The van der Waals surface area contributed by atoms with Gasteiger partial charge in [0.1, 0.15) is 24.0 Å². The van der Waals surface area contributed by atoms with Gasteiger partial charge < -0.3 is 5.32 Å². The largest absolute Gasteiger partial charge is 0.353 e. The zero-order chi connectivity index (χ0) is 24.1. The Bertz CT molecular complexity index is 1320. The fourth-order valence-corrected chi connectivity index (χ4v) is 3.88. The van der Waals surface area contributed by atoms with Crippen LogP contribution in [0.3, 0.4) is 0 Å². The quantitative estimate of drug-likeness (QED) is 0.593. The molecule has 1 N–H and O–H groups in total. The van der Waals surface area contributed by atoms with E-state index >= 15 is 0 Å². The number of rotatable bonds is 7. The maximum Gasteiger partial charge on any atom is 0.331 e. The maximum absolute atomic E-state index is 13.8. The number of aromatic nitrogens is 2. The van der Waals surface area contributed by atoms with Crippen molar-refractivity contribution >= 4 is 34.9 Å². The van der Waals surface area contributed by atoms with E-state index in [0.717, 1.165) is 15.7 Å². The lowest BCUT2D eigenvalue weighted by Crippen LogP contribution is -2.45. The third-order valence-corrected chi connectivity index (χ3v) is 5.63. The van der Waals surface area contributed by atoms with Crippen molar-refractivity contribution in [3.8, 4) is 6.07 Å². The molecule has 1 fully saturated rings. The van der Waals surface area contributed by atoms with Gasteiger partial charge in [-0.1, -0.05) is 18.2 Å². The summed E-state index contributed by atoms with van der Waals surface area (Å²) in [4.78, 5) is 62.4. The van der Waals surface area contributed by atoms with Crippen LogP contribution in [0.5, 0.6) is 0 Å². The zero-order valence-corrected chi connectivity index (χ0v) is 18.2. The molecular formula is C21H18FN5O5S. The van der Waals surface area contributed by atoms with Crippen LogP contribution in [0.4, 0.5) is 9.18 Å². The molecule has 1 aromatic carbocycles. The number of thioether (sulfide) groups is 1. The number of aryl methyl sites for hydroxylation is 1. The number of hydrogen-bond donors (Lipinski definition) is 1. The minimum atomic E-state index is -0.883. The van der Waals surface area contributed by atoms with Gasteiger partial charge in [0, 0.05) is 31.4 Å². The first-order valence-corrected chi connectivity index (χ1v) is 10.6. The first-order valence-electron chi connectivity index (χ1n) is 9.77. The number of hydrogen-bond acceptors (Lipinski definition) is 7. The van der Waals surface area contributed by atoms with E-state index in [9.17, 15) is 28.4 Å². The highest BCUT2D eigenvalue weighted by atomic mass is 32.2. The summed E-state index contributed by atoms with van der Waals surface area (Å²) in [7, 11) is 0. The third-order valence-electron chi connectivity index (χ3n) is 4.72. The van der Waals surface area contributed by atoms with Crippen LogP contribution in [0.25, 0.3) is 6.08 Å². The molecule has 0 saturated carbocycles. The lowest BCUT2D eigenvalue weighted by atomic mass is 10.2. The van der Waals surface area contributed by atoms with E-state index in [1.165, 1.54) is 24.3 Å². The molecule has 10 nitrogen and oxygen atoms in total. The maximum atomic E-state index is 13.8. The average molecular weight is 471 g/mol. The summed E-state index contributed by atoms with van der Waals surface area (Å²) >= 11 is 0.658. The highest BCUT2D eigenvalue weighted by Crippen LogP contribution is 2.32. The second-order valence-corrected chi connectivity index (χ2v) is 7.81. The van der Waals surface area contributed by atoms with E-state index in [-0.39, 0.29) is 35.7 Å². The van der Waals surface area contributed by atoms with E-state index in [4.69, 9.17) is 5.26 Å². The summed E-state index contributed by atoms with van der Waals surface area (Å²) in [5.41, 5.74) is -1.73. The van der Waals surface area contributed by atoms with Crippen molar-refractivity contribution < 1.29 is 18.8 Å². The number of benzene rings is 1. The molecule has 1 aliphatic rings. The molecule has 0 radical (unpaired) electrons. The normalized spacial score (nSPS) is 14.6. The molecule has 0 aliphatic carbocycles. The molecule has 0 unspecified atom stereocenters. The van der Waals surface area contributed by atoms with Crippen molar-refractivity contribution in [2.45, 2.75) is 20.0 Å². The van der Waals surface area contributed by atoms with E-state index in [1.807, 2.05) is 0 Å². The Kier molecular flexibility index (Phi) is 7.24. The Balaban J connectivity index is 1.64. The van der Waals surface area contributed by atoms with Crippen LogP contribution in [-0.2, 0) is 22.7 Å². The molecule has 0 spiro atoms. The SMILES string of the molecule is CCn1cc(C#N)c(=O)n(CC(=O)NCCN2C(=O)S/C(=C\c3ccccc3F)C2=O)c1=O. The first kappa shape index (κ1) is 23.7. The van der Waals surface area contributed by atoms with Crippen molar-refractivity contribution in [2.75, 3.05) is 13.1 Å². The summed E-state index contributed by atoms with van der Waals surface area (Å²) in [6.07, 6.45) is 2.42. The Morgan fingerprint density at radius 1 is 1.24 bits per heavy atom. The Labute approximate surface area is 190 Å². The highest BCUT2D eigenvalue weighted by Gasteiger charge is 2.34. The number of nitrogens with zero attached hydrogens (tertiary/aromatic N) is 4. The summed E-state index contributed by atoms with van der Waals surface area (Å²) in [6.45, 7) is 0.946. The number of carbonyl (C=O) groups excluding carboxylic acids is 3. The summed E-state index contributed by atoms with van der Waals surface area (Å²) in [5.74, 6) is -1.86. The standard InChI is InChI=1S/C21H18FN5O5S/c1-2-25-11-14(10-23)18(29)27(20(25)31)12-17(28)24-7-8-26-19(30)16(33-21(26)32)9-13-5-3-4-6-15(13)22/h3-6,9,11H,2,7-8,12H2,1H3,(H,24,28)/b16-9-. The van der Waals surface area contributed by atoms with E-state index in [1.54, 1.807) is 19.1 Å². The lowest BCUT2D eigenvalue weighted by molar-refractivity contribution is -0.124. The van der Waals surface area contributed by atoms with Crippen LogP contribution >= 0.6 is 11.8 Å². The predicted molar refractivity (Wildman–Crippen MR) is 117 cm³/mol. The topological polar surface area (TPSA) is 134 Å². The van der Waals surface area contributed by atoms with Crippen molar-refractivity contribution in [3.63, 3.8) is 0 Å². The molecule has 1 aromatic heterocycles. The van der Waals surface area contributed by atoms with Crippen molar-refractivity contribution in [1.82, 2.24) is 19.4 Å². The molecule has 2 heterocycles. The Morgan fingerprint density at radius 3 is 2.64 bits per heavy atom. The molecule has 1 saturated heterocycles. The molecular weight excluding hydrogens is 453 g/mol.